The van der Waals surface area contributed by atoms with Crippen molar-refractivity contribution in [1.82, 2.24) is 5.43 Å². The predicted octanol–water partition coefficient (Wildman–Crippen LogP) is 5.91. The van der Waals surface area contributed by atoms with Gasteiger partial charge in [0.2, 0.25) is 5.91 Å². The summed E-state index contributed by atoms with van der Waals surface area (Å²) in [6.07, 6.45) is 1.64. The third kappa shape index (κ3) is 6.33. The number of benzene rings is 4. The number of esters is 1. The number of ether oxygens (including phenoxy) is 2. The van der Waals surface area contributed by atoms with E-state index in [1.54, 1.807) is 42.5 Å². The van der Waals surface area contributed by atoms with Crippen molar-refractivity contribution < 1.29 is 19.1 Å². The fourth-order valence-electron chi connectivity index (χ4n) is 3.56. The molecule has 0 aromatic heterocycles. The number of nitrogens with one attached hydrogen (secondary N) is 1. The van der Waals surface area contributed by atoms with E-state index < -0.39 is 5.97 Å². The number of hydrogen-bond acceptors (Lipinski definition) is 5. The van der Waals surface area contributed by atoms with Crippen LogP contribution in [0.25, 0.3) is 10.8 Å². The smallest absolute Gasteiger partial charge is 0.343 e. The first-order valence-electron chi connectivity index (χ1n) is 11.1. The van der Waals surface area contributed by atoms with Crippen molar-refractivity contribution >= 4 is 44.8 Å². The van der Waals surface area contributed by atoms with Gasteiger partial charge in [0.15, 0.2) is 0 Å². The van der Waals surface area contributed by atoms with E-state index in [9.17, 15) is 9.59 Å². The largest absolute Gasteiger partial charge is 0.494 e. The zero-order chi connectivity index (χ0) is 24.6. The Morgan fingerprint density at radius 1 is 0.971 bits per heavy atom. The van der Waals surface area contributed by atoms with Crippen LogP contribution >= 0.6 is 15.9 Å². The lowest BCUT2D eigenvalue weighted by molar-refractivity contribution is -0.120. The average Bonchev–Trinajstić information content (AvgIpc) is 2.86. The molecule has 0 saturated heterocycles. The van der Waals surface area contributed by atoms with E-state index in [0.717, 1.165) is 20.8 Å². The minimum atomic E-state index is -0.509. The third-order valence-electron chi connectivity index (χ3n) is 5.20. The molecule has 4 aromatic rings. The van der Waals surface area contributed by atoms with Crippen molar-refractivity contribution in [3.8, 4) is 11.5 Å². The second-order valence-electron chi connectivity index (χ2n) is 7.64. The van der Waals surface area contributed by atoms with E-state index in [1.165, 1.54) is 6.21 Å². The fourth-order valence-corrected chi connectivity index (χ4v) is 3.94. The Morgan fingerprint density at radius 2 is 1.74 bits per heavy atom. The molecule has 4 aromatic carbocycles. The van der Waals surface area contributed by atoms with Gasteiger partial charge in [-0.1, -0.05) is 58.4 Å². The highest BCUT2D eigenvalue weighted by atomic mass is 79.9. The van der Waals surface area contributed by atoms with Crippen LogP contribution in [0.5, 0.6) is 11.5 Å². The highest BCUT2D eigenvalue weighted by molar-refractivity contribution is 9.10. The van der Waals surface area contributed by atoms with Gasteiger partial charge >= 0.3 is 5.97 Å². The van der Waals surface area contributed by atoms with Gasteiger partial charge in [-0.2, -0.15) is 5.10 Å². The normalized spacial score (nSPS) is 10.9. The molecule has 0 atom stereocenters. The first kappa shape index (κ1) is 24.2. The summed E-state index contributed by atoms with van der Waals surface area (Å²) < 4.78 is 11.8. The average molecular weight is 531 g/mol. The van der Waals surface area contributed by atoms with Gasteiger partial charge in [-0.3, -0.25) is 4.79 Å². The van der Waals surface area contributed by atoms with Gasteiger partial charge in [-0.25, -0.2) is 10.2 Å². The number of hydrazone groups is 1. The number of fused-ring (bicyclic) bond motifs is 1. The summed E-state index contributed by atoms with van der Waals surface area (Å²) in [6, 6.07) is 25.7. The zero-order valence-corrected chi connectivity index (χ0v) is 20.6. The van der Waals surface area contributed by atoms with Gasteiger partial charge in [0.25, 0.3) is 0 Å². The Labute approximate surface area is 211 Å². The number of nitrogens with zero attached hydrogens (tertiary/aromatic N) is 1. The minimum Gasteiger partial charge on any atom is -0.494 e. The van der Waals surface area contributed by atoms with Gasteiger partial charge in [0, 0.05) is 10.0 Å². The van der Waals surface area contributed by atoms with Crippen LogP contribution in [0.1, 0.15) is 28.4 Å². The van der Waals surface area contributed by atoms with Crippen LogP contribution in [0.4, 0.5) is 0 Å². The molecule has 35 heavy (non-hydrogen) atoms. The lowest BCUT2D eigenvalue weighted by Crippen LogP contribution is -2.20. The minimum absolute atomic E-state index is 0.191. The number of carbonyl (C=O) groups excluding carboxylic acids is 2. The van der Waals surface area contributed by atoms with Crippen LogP contribution in [0.15, 0.2) is 94.5 Å². The SMILES string of the molecule is CCOc1ccc(C(=O)Oc2ccc(Br)cc2C=NNC(=O)Cc2cccc3ccccc23)cc1. The van der Waals surface area contributed by atoms with Crippen LogP contribution in [0.2, 0.25) is 0 Å². The molecule has 1 N–H and O–H groups in total. The monoisotopic (exact) mass is 530 g/mol. The molecule has 7 heteroatoms. The van der Waals surface area contributed by atoms with Gasteiger partial charge in [0.05, 0.1) is 24.8 Å². The Bertz CT molecular complexity index is 1380. The van der Waals surface area contributed by atoms with Gasteiger partial charge in [0.1, 0.15) is 11.5 Å². The molecule has 176 valence electrons. The molecule has 0 spiro atoms. The van der Waals surface area contributed by atoms with E-state index >= 15 is 0 Å². The molecule has 0 unspecified atom stereocenters. The van der Waals surface area contributed by atoms with E-state index in [1.807, 2.05) is 49.4 Å². The van der Waals surface area contributed by atoms with Crippen molar-refractivity contribution in [2.45, 2.75) is 13.3 Å². The Hall–Kier alpha value is -3.97. The fraction of sp³-hybridized carbons (Fsp3) is 0.107. The standard InChI is InChI=1S/C28H23BrN2O4/c1-2-34-24-13-10-20(11-14-24)28(33)35-26-15-12-23(29)16-22(26)18-30-31-27(32)17-21-8-5-7-19-6-3-4-9-25(19)21/h3-16,18H,2,17H2,1H3,(H,31,32). The first-order valence-corrected chi connectivity index (χ1v) is 11.9. The highest BCUT2D eigenvalue weighted by Crippen LogP contribution is 2.23. The Morgan fingerprint density at radius 3 is 2.54 bits per heavy atom. The summed E-state index contributed by atoms with van der Waals surface area (Å²) in [5.41, 5.74) is 4.40. The van der Waals surface area contributed by atoms with E-state index in [2.05, 4.69) is 26.5 Å². The molecule has 1 amide bonds. The summed E-state index contributed by atoms with van der Waals surface area (Å²) >= 11 is 3.41. The number of amides is 1. The van der Waals surface area contributed by atoms with Crippen molar-refractivity contribution in [2.24, 2.45) is 5.10 Å². The molecular weight excluding hydrogens is 508 g/mol. The molecular formula is C28H23BrN2O4. The van der Waals surface area contributed by atoms with Gasteiger partial charge in [-0.15, -0.1) is 0 Å². The van der Waals surface area contributed by atoms with Gasteiger partial charge < -0.3 is 9.47 Å². The topological polar surface area (TPSA) is 77.0 Å². The van der Waals surface area contributed by atoms with Crippen LogP contribution < -0.4 is 14.9 Å². The maximum absolute atomic E-state index is 12.6. The maximum atomic E-state index is 12.6. The third-order valence-corrected chi connectivity index (χ3v) is 5.69. The van der Waals surface area contributed by atoms with Crippen molar-refractivity contribution in [1.29, 1.82) is 0 Å². The molecule has 0 radical (unpaired) electrons. The molecule has 0 bridgehead atoms. The molecule has 0 fully saturated rings. The van der Waals surface area contributed by atoms with E-state index in [-0.39, 0.29) is 12.3 Å². The van der Waals surface area contributed by atoms with E-state index in [4.69, 9.17) is 9.47 Å². The predicted molar refractivity (Wildman–Crippen MR) is 140 cm³/mol. The van der Waals surface area contributed by atoms with E-state index in [0.29, 0.717) is 29.2 Å². The molecule has 0 aliphatic carbocycles. The number of halogens is 1. The number of hydrogen-bond donors (Lipinski definition) is 1. The van der Waals surface area contributed by atoms with Gasteiger partial charge in [-0.05, 0) is 65.7 Å². The number of rotatable bonds is 8. The summed E-state index contributed by atoms with van der Waals surface area (Å²) in [4.78, 5) is 25.1. The van der Waals surface area contributed by atoms with Crippen LogP contribution in [-0.4, -0.2) is 24.7 Å². The lowest BCUT2D eigenvalue weighted by Gasteiger charge is -2.09. The molecule has 0 aliphatic heterocycles. The first-order chi connectivity index (χ1) is 17.0. The summed E-state index contributed by atoms with van der Waals surface area (Å²) in [5, 5.41) is 6.19. The molecule has 0 heterocycles. The number of carbonyl (C=O) groups is 2. The van der Waals surface area contributed by atoms with Crippen LogP contribution in [-0.2, 0) is 11.2 Å². The Kier molecular flexibility index (Phi) is 7.90. The van der Waals surface area contributed by atoms with Crippen LogP contribution in [0, 0.1) is 0 Å². The molecule has 0 saturated carbocycles. The van der Waals surface area contributed by atoms with Crippen molar-refractivity contribution in [3.05, 3.63) is 106 Å². The quantitative estimate of drug-likeness (QED) is 0.133. The summed E-state index contributed by atoms with van der Waals surface area (Å²) in [6.45, 7) is 2.44. The maximum Gasteiger partial charge on any atom is 0.343 e. The second kappa shape index (κ2) is 11.4. The lowest BCUT2D eigenvalue weighted by atomic mass is 10.0. The summed E-state index contributed by atoms with van der Waals surface area (Å²) in [7, 11) is 0. The Balaban J connectivity index is 1.43. The molecule has 6 nitrogen and oxygen atoms in total. The second-order valence-corrected chi connectivity index (χ2v) is 8.55. The van der Waals surface area contributed by atoms with Crippen LogP contribution in [0.3, 0.4) is 0 Å². The zero-order valence-electron chi connectivity index (χ0n) is 19.0. The van der Waals surface area contributed by atoms with Crippen molar-refractivity contribution in [2.75, 3.05) is 6.61 Å². The van der Waals surface area contributed by atoms with Crippen molar-refractivity contribution in [3.63, 3.8) is 0 Å². The molecule has 0 aliphatic rings. The highest BCUT2D eigenvalue weighted by Gasteiger charge is 2.12. The molecule has 4 rings (SSSR count). The summed E-state index contributed by atoms with van der Waals surface area (Å²) in [5.74, 6) is 0.240.